The number of hydrogen-bond acceptors (Lipinski definition) is 5. The minimum atomic E-state index is -0.278. The molecule has 0 radical (unpaired) electrons. The second-order valence-electron chi connectivity index (χ2n) is 6.50. The molecule has 3 aromatic rings. The van der Waals surface area contributed by atoms with Gasteiger partial charge in [-0.05, 0) is 43.0 Å². The maximum absolute atomic E-state index is 13.8. The van der Waals surface area contributed by atoms with Crippen molar-refractivity contribution in [2.24, 2.45) is 0 Å². The summed E-state index contributed by atoms with van der Waals surface area (Å²) in [5.74, 6) is 0.460. The number of amides is 1. The summed E-state index contributed by atoms with van der Waals surface area (Å²) in [5.41, 5.74) is 1.16. The zero-order chi connectivity index (χ0) is 18.6. The van der Waals surface area contributed by atoms with Crippen LogP contribution in [0.15, 0.2) is 53.1 Å². The van der Waals surface area contributed by atoms with Crippen LogP contribution in [0.25, 0.3) is 11.6 Å². The maximum atomic E-state index is 13.8. The monoisotopic (exact) mass is 366 g/mol. The Kier molecular flexibility index (Phi) is 4.91. The van der Waals surface area contributed by atoms with Gasteiger partial charge in [-0.15, -0.1) is 10.2 Å². The second kappa shape index (κ2) is 7.65. The highest BCUT2D eigenvalue weighted by Crippen LogP contribution is 2.33. The number of hydrogen-bond donors (Lipinski definition) is 0. The molecule has 0 spiro atoms. The molecule has 0 unspecified atom stereocenters. The summed E-state index contributed by atoms with van der Waals surface area (Å²) in [6.45, 7) is 0.641. The Hall–Kier alpha value is -3.09. The molecule has 138 valence electrons. The summed E-state index contributed by atoms with van der Waals surface area (Å²) in [5, 5.41) is 8.19. The first-order valence-corrected chi connectivity index (χ1v) is 9.00. The Labute approximate surface area is 156 Å². The zero-order valence-corrected chi connectivity index (χ0v) is 14.7. The van der Waals surface area contributed by atoms with Crippen molar-refractivity contribution < 1.29 is 13.6 Å². The van der Waals surface area contributed by atoms with Crippen LogP contribution >= 0.6 is 0 Å². The van der Waals surface area contributed by atoms with E-state index in [1.807, 2.05) is 12.1 Å². The van der Waals surface area contributed by atoms with Crippen molar-refractivity contribution in [2.75, 3.05) is 6.54 Å². The number of benzene rings is 1. The lowest BCUT2D eigenvalue weighted by Crippen LogP contribution is -2.31. The largest absolute Gasteiger partial charge is 0.417 e. The van der Waals surface area contributed by atoms with Crippen LogP contribution in [0.3, 0.4) is 0 Å². The van der Waals surface area contributed by atoms with Gasteiger partial charge in [0, 0.05) is 19.2 Å². The number of nitrogens with zero attached hydrogens (tertiary/aromatic N) is 4. The Morgan fingerprint density at radius 3 is 2.85 bits per heavy atom. The van der Waals surface area contributed by atoms with Gasteiger partial charge in [-0.25, -0.2) is 4.39 Å². The third-order valence-corrected chi connectivity index (χ3v) is 4.75. The van der Waals surface area contributed by atoms with Gasteiger partial charge in [0.05, 0.1) is 0 Å². The van der Waals surface area contributed by atoms with Gasteiger partial charge in [-0.1, -0.05) is 24.3 Å². The van der Waals surface area contributed by atoms with E-state index in [0.29, 0.717) is 36.0 Å². The van der Waals surface area contributed by atoms with Gasteiger partial charge in [-0.3, -0.25) is 9.78 Å². The number of aromatic nitrogens is 3. The Morgan fingerprint density at radius 1 is 1.19 bits per heavy atom. The summed E-state index contributed by atoms with van der Waals surface area (Å²) >= 11 is 0. The summed E-state index contributed by atoms with van der Waals surface area (Å²) in [6, 6.07) is 11.8. The molecule has 1 atom stereocenters. The van der Waals surface area contributed by atoms with E-state index in [0.717, 1.165) is 12.8 Å². The minimum Gasteiger partial charge on any atom is -0.417 e. The highest BCUT2D eigenvalue weighted by molar-refractivity contribution is 5.77. The van der Waals surface area contributed by atoms with Crippen LogP contribution in [0.4, 0.5) is 4.39 Å². The van der Waals surface area contributed by atoms with Gasteiger partial charge < -0.3 is 9.32 Å². The standard InChI is InChI=1S/C20H19FN4O2/c21-15-7-2-1-6-14(15)10-11-18(26)25-13-5-9-17(25)20-24-23-19(27-20)16-8-3-4-12-22-16/h1-4,6-8,12,17H,5,9-11,13H2/t17-/m1/s1. The van der Waals surface area contributed by atoms with Crippen LogP contribution in [-0.2, 0) is 11.2 Å². The van der Waals surface area contributed by atoms with E-state index < -0.39 is 0 Å². The van der Waals surface area contributed by atoms with Gasteiger partial charge in [0.1, 0.15) is 17.6 Å². The highest BCUT2D eigenvalue weighted by atomic mass is 19.1. The molecular formula is C20H19FN4O2. The molecule has 1 aromatic carbocycles. The van der Waals surface area contributed by atoms with E-state index in [-0.39, 0.29) is 24.2 Å². The molecular weight excluding hydrogens is 347 g/mol. The Balaban J connectivity index is 1.45. The first-order chi connectivity index (χ1) is 13.2. The molecule has 1 aliphatic rings. The number of carbonyl (C=O) groups is 1. The molecule has 1 fully saturated rings. The lowest BCUT2D eigenvalue weighted by Gasteiger charge is -2.22. The van der Waals surface area contributed by atoms with E-state index in [1.165, 1.54) is 6.07 Å². The second-order valence-corrected chi connectivity index (χ2v) is 6.50. The molecule has 0 N–H and O–H groups in total. The molecule has 6 nitrogen and oxygen atoms in total. The van der Waals surface area contributed by atoms with Gasteiger partial charge in [0.15, 0.2) is 0 Å². The van der Waals surface area contributed by atoms with Crippen molar-refractivity contribution in [3.05, 3.63) is 65.9 Å². The van der Waals surface area contributed by atoms with Crippen LogP contribution in [0.2, 0.25) is 0 Å². The van der Waals surface area contributed by atoms with Crippen molar-refractivity contribution in [2.45, 2.75) is 31.7 Å². The topological polar surface area (TPSA) is 72.1 Å². The van der Waals surface area contributed by atoms with Crippen LogP contribution < -0.4 is 0 Å². The van der Waals surface area contributed by atoms with Crippen LogP contribution in [0, 0.1) is 5.82 Å². The van der Waals surface area contributed by atoms with Crippen molar-refractivity contribution >= 4 is 5.91 Å². The average Bonchev–Trinajstić information content (AvgIpc) is 3.37. The van der Waals surface area contributed by atoms with Gasteiger partial charge in [0.2, 0.25) is 11.8 Å². The smallest absolute Gasteiger partial charge is 0.266 e. The summed E-state index contributed by atoms with van der Waals surface area (Å²) in [4.78, 5) is 18.7. The molecule has 1 aliphatic heterocycles. The number of pyridine rings is 1. The Morgan fingerprint density at radius 2 is 2.04 bits per heavy atom. The molecule has 0 saturated carbocycles. The average molecular weight is 366 g/mol. The van der Waals surface area contributed by atoms with Gasteiger partial charge >= 0.3 is 0 Å². The third-order valence-electron chi connectivity index (χ3n) is 4.75. The molecule has 7 heteroatoms. The van der Waals surface area contributed by atoms with Crippen molar-refractivity contribution in [1.29, 1.82) is 0 Å². The fraction of sp³-hybridized carbons (Fsp3) is 0.300. The normalized spacial score (nSPS) is 16.6. The predicted octanol–water partition coefficient (Wildman–Crippen LogP) is 3.57. The van der Waals surface area contributed by atoms with Crippen molar-refractivity contribution in [3.63, 3.8) is 0 Å². The van der Waals surface area contributed by atoms with Crippen molar-refractivity contribution in [3.8, 4) is 11.6 Å². The predicted molar refractivity (Wildman–Crippen MR) is 95.9 cm³/mol. The molecule has 3 heterocycles. The molecule has 27 heavy (non-hydrogen) atoms. The van der Waals surface area contributed by atoms with Crippen molar-refractivity contribution in [1.82, 2.24) is 20.1 Å². The maximum Gasteiger partial charge on any atom is 0.266 e. The number of likely N-dealkylation sites (tertiary alicyclic amines) is 1. The summed E-state index contributed by atoms with van der Waals surface area (Å²) in [7, 11) is 0. The quantitative estimate of drug-likeness (QED) is 0.690. The first kappa shape index (κ1) is 17.3. The van der Waals surface area contributed by atoms with E-state index in [2.05, 4.69) is 15.2 Å². The molecule has 1 saturated heterocycles. The zero-order valence-electron chi connectivity index (χ0n) is 14.7. The number of halogens is 1. The van der Waals surface area contributed by atoms with Gasteiger partial charge in [0.25, 0.3) is 5.89 Å². The molecule has 1 amide bonds. The van der Waals surface area contributed by atoms with Crippen LogP contribution in [0.1, 0.15) is 36.8 Å². The van der Waals surface area contributed by atoms with Crippen LogP contribution in [0.5, 0.6) is 0 Å². The number of carbonyl (C=O) groups excluding carboxylic acids is 1. The third kappa shape index (κ3) is 3.72. The van der Waals surface area contributed by atoms with E-state index in [1.54, 1.807) is 35.4 Å². The molecule has 0 aliphatic carbocycles. The fourth-order valence-electron chi connectivity index (χ4n) is 3.37. The fourth-order valence-corrected chi connectivity index (χ4v) is 3.37. The summed E-state index contributed by atoms with van der Waals surface area (Å²) in [6.07, 6.45) is 3.93. The number of rotatable bonds is 5. The molecule has 0 bridgehead atoms. The van der Waals surface area contributed by atoms with E-state index >= 15 is 0 Å². The minimum absolute atomic E-state index is 0.0293. The van der Waals surface area contributed by atoms with E-state index in [4.69, 9.17) is 4.42 Å². The summed E-state index contributed by atoms with van der Waals surface area (Å²) < 4.78 is 19.5. The highest BCUT2D eigenvalue weighted by Gasteiger charge is 2.33. The Bertz CT molecular complexity index is 928. The molecule has 4 rings (SSSR count). The van der Waals surface area contributed by atoms with Gasteiger partial charge in [-0.2, -0.15) is 0 Å². The first-order valence-electron chi connectivity index (χ1n) is 9.00. The van der Waals surface area contributed by atoms with Crippen LogP contribution in [-0.4, -0.2) is 32.5 Å². The SMILES string of the molecule is O=C(CCc1ccccc1F)N1CCC[C@@H]1c1nnc(-c2ccccn2)o1. The lowest BCUT2D eigenvalue weighted by molar-refractivity contribution is -0.132. The number of aryl methyl sites for hydroxylation is 1. The lowest BCUT2D eigenvalue weighted by atomic mass is 10.1. The van der Waals surface area contributed by atoms with E-state index in [9.17, 15) is 9.18 Å². The molecule has 2 aromatic heterocycles.